The molecule has 0 amide bonds. The highest BCUT2D eigenvalue weighted by atomic mass is 19.4. The number of alkyl halides is 5. The predicted octanol–water partition coefficient (Wildman–Crippen LogP) is 7.57. The van der Waals surface area contributed by atoms with Gasteiger partial charge < -0.3 is 19.0 Å². The number of ether oxygens (including phenoxy) is 3. The Labute approximate surface area is 289 Å². The van der Waals surface area contributed by atoms with Gasteiger partial charge in [-0.1, -0.05) is 73.8 Å². The highest BCUT2D eigenvalue weighted by Crippen LogP contribution is 2.53. The van der Waals surface area contributed by atoms with Gasteiger partial charge in [0.2, 0.25) is 5.78 Å². The lowest BCUT2D eigenvalue weighted by molar-refractivity contribution is -0.360. The number of rotatable bonds is 15. The molecule has 0 heterocycles. The van der Waals surface area contributed by atoms with Crippen molar-refractivity contribution < 1.29 is 60.2 Å². The fraction of sp³-hybridized carbons (Fsp3) is 0.270. The van der Waals surface area contributed by atoms with Crippen LogP contribution in [0.1, 0.15) is 58.8 Å². The van der Waals surface area contributed by atoms with E-state index in [0.717, 1.165) is 42.3 Å². The number of ketones is 1. The number of nitrogens with zero attached hydrogens (tertiary/aromatic N) is 1. The molecular weight excluding hydrogens is 681 g/mol. The largest absolute Gasteiger partial charge is 0.499 e. The molecular formula is C37H32F5NO8. The van der Waals surface area contributed by atoms with Gasteiger partial charge in [0.1, 0.15) is 5.75 Å². The Balaban J connectivity index is 1.86. The second-order valence-electron chi connectivity index (χ2n) is 11.3. The van der Waals surface area contributed by atoms with E-state index in [2.05, 4.69) is 23.1 Å². The molecule has 0 bridgehead atoms. The van der Waals surface area contributed by atoms with Crippen LogP contribution in [-0.2, 0) is 34.1 Å². The minimum absolute atomic E-state index is 0.0326. The molecule has 4 rings (SSSR count). The fourth-order valence-electron chi connectivity index (χ4n) is 5.72. The van der Waals surface area contributed by atoms with Gasteiger partial charge >= 0.3 is 30.2 Å². The van der Waals surface area contributed by atoms with Crippen LogP contribution in [0, 0.1) is 6.92 Å². The molecule has 0 N–H and O–H groups in total. The van der Waals surface area contributed by atoms with E-state index in [1.54, 1.807) is 18.2 Å². The van der Waals surface area contributed by atoms with Crippen LogP contribution in [0.5, 0.6) is 5.75 Å². The molecule has 1 aliphatic carbocycles. The number of hydrogen-bond acceptors (Lipinski definition) is 9. The first-order valence-electron chi connectivity index (χ1n) is 15.5. The van der Waals surface area contributed by atoms with Crippen LogP contribution in [0.3, 0.4) is 0 Å². The van der Waals surface area contributed by atoms with Crippen molar-refractivity contribution in [1.29, 1.82) is 0 Å². The molecule has 0 aliphatic heterocycles. The summed E-state index contributed by atoms with van der Waals surface area (Å²) in [5.74, 6) is -3.98. The SMILES string of the molecule is C=CC(=O)OCCC1(CCOC(=O)C=C)c2ccccc2-c2ccc(C(=O)/C(=N/OC(=O)CC)c3cccc(OC(F)(F)C(F)(F)F)c3C)cc21. The number of carbonyl (C=O) groups excluding carboxylic acids is 4. The monoisotopic (exact) mass is 713 g/mol. The number of hydrogen-bond donors (Lipinski definition) is 0. The first-order valence-corrected chi connectivity index (χ1v) is 15.5. The van der Waals surface area contributed by atoms with Gasteiger partial charge in [-0.25, -0.2) is 14.4 Å². The summed E-state index contributed by atoms with van der Waals surface area (Å²) in [6.07, 6.45) is -9.42. The molecule has 0 radical (unpaired) electrons. The molecule has 0 spiro atoms. The summed E-state index contributed by atoms with van der Waals surface area (Å²) in [5.41, 5.74) is 0.653. The highest BCUT2D eigenvalue weighted by Gasteiger charge is 2.61. The van der Waals surface area contributed by atoms with E-state index < -0.39 is 52.9 Å². The molecule has 0 saturated carbocycles. The van der Waals surface area contributed by atoms with E-state index >= 15 is 0 Å². The van der Waals surface area contributed by atoms with Crippen molar-refractivity contribution in [3.05, 3.63) is 114 Å². The average molecular weight is 714 g/mol. The zero-order chi connectivity index (χ0) is 37.6. The van der Waals surface area contributed by atoms with E-state index in [-0.39, 0.29) is 49.2 Å². The second-order valence-corrected chi connectivity index (χ2v) is 11.3. The van der Waals surface area contributed by atoms with Crippen molar-refractivity contribution in [3.8, 4) is 16.9 Å². The molecule has 3 aromatic rings. The summed E-state index contributed by atoms with van der Waals surface area (Å²) < 4.78 is 81.4. The summed E-state index contributed by atoms with van der Waals surface area (Å²) in [6, 6.07) is 15.1. The maximum absolute atomic E-state index is 14.3. The van der Waals surface area contributed by atoms with Crippen molar-refractivity contribution in [2.24, 2.45) is 5.16 Å². The number of halogens is 5. The smallest absolute Gasteiger partial charge is 0.462 e. The summed E-state index contributed by atoms with van der Waals surface area (Å²) in [7, 11) is 0. The van der Waals surface area contributed by atoms with E-state index in [1.807, 2.05) is 12.1 Å². The quantitative estimate of drug-likeness (QED) is 0.0301. The van der Waals surface area contributed by atoms with Crippen molar-refractivity contribution in [1.82, 2.24) is 0 Å². The van der Waals surface area contributed by atoms with Gasteiger partial charge in [-0.2, -0.15) is 22.0 Å². The molecule has 0 aromatic heterocycles. The van der Waals surface area contributed by atoms with E-state index in [4.69, 9.17) is 14.3 Å². The van der Waals surface area contributed by atoms with Gasteiger partial charge in [0, 0.05) is 40.7 Å². The molecule has 14 heteroatoms. The first kappa shape index (κ1) is 38.1. The molecule has 0 saturated heterocycles. The van der Waals surface area contributed by atoms with Gasteiger partial charge in [-0.15, -0.1) is 0 Å². The maximum atomic E-state index is 14.3. The van der Waals surface area contributed by atoms with E-state index in [1.165, 1.54) is 25.1 Å². The molecule has 1 aliphatic rings. The normalized spacial score (nSPS) is 13.4. The predicted molar refractivity (Wildman–Crippen MR) is 174 cm³/mol. The lowest BCUT2D eigenvalue weighted by Crippen LogP contribution is -2.42. The molecule has 3 aromatic carbocycles. The molecule has 9 nitrogen and oxygen atoms in total. The van der Waals surface area contributed by atoms with Crippen LogP contribution in [-0.4, -0.2) is 54.9 Å². The third-order valence-corrected chi connectivity index (χ3v) is 8.26. The minimum Gasteiger partial charge on any atom is -0.462 e. The van der Waals surface area contributed by atoms with Crippen molar-refractivity contribution in [3.63, 3.8) is 0 Å². The van der Waals surface area contributed by atoms with E-state index in [0.29, 0.717) is 11.1 Å². The van der Waals surface area contributed by atoms with Crippen LogP contribution in [0.15, 0.2) is 91.1 Å². The zero-order valence-corrected chi connectivity index (χ0v) is 27.5. The summed E-state index contributed by atoms with van der Waals surface area (Å²) in [6.45, 7) is 9.21. The number of fused-ring (bicyclic) bond motifs is 3. The Morgan fingerprint density at radius 3 is 2.02 bits per heavy atom. The lowest BCUT2D eigenvalue weighted by Gasteiger charge is -2.32. The Kier molecular flexibility index (Phi) is 11.6. The Morgan fingerprint density at radius 2 is 1.43 bits per heavy atom. The lowest BCUT2D eigenvalue weighted by atomic mass is 9.72. The van der Waals surface area contributed by atoms with Crippen LogP contribution < -0.4 is 4.74 Å². The Morgan fingerprint density at radius 1 is 0.824 bits per heavy atom. The van der Waals surface area contributed by atoms with Crippen LogP contribution in [0.4, 0.5) is 22.0 Å². The number of benzene rings is 3. The third kappa shape index (κ3) is 8.05. The topological polar surface area (TPSA) is 118 Å². The number of oxime groups is 1. The van der Waals surface area contributed by atoms with Crippen LogP contribution in [0.2, 0.25) is 0 Å². The van der Waals surface area contributed by atoms with E-state index in [9.17, 15) is 41.1 Å². The third-order valence-electron chi connectivity index (χ3n) is 8.26. The summed E-state index contributed by atoms with van der Waals surface area (Å²) in [4.78, 5) is 55.2. The van der Waals surface area contributed by atoms with Gasteiger partial charge in [0.25, 0.3) is 0 Å². The summed E-state index contributed by atoms with van der Waals surface area (Å²) in [5, 5.41) is 3.73. The molecule has 0 fully saturated rings. The molecule has 51 heavy (non-hydrogen) atoms. The van der Waals surface area contributed by atoms with Gasteiger partial charge in [-0.05, 0) is 54.2 Å². The minimum atomic E-state index is -6.04. The molecule has 0 atom stereocenters. The summed E-state index contributed by atoms with van der Waals surface area (Å²) >= 11 is 0. The number of carbonyl (C=O) groups is 4. The second kappa shape index (κ2) is 15.5. The average Bonchev–Trinajstić information content (AvgIpc) is 3.37. The Bertz CT molecular complexity index is 1870. The number of esters is 2. The standard InChI is InChI=1S/C37H32F5NO8/c1-5-30(44)48-19-17-35(18-20-49-31(45)6-2)27-13-9-8-11-25(27)26-16-15-23(21-28(26)35)34(47)33(43-51-32(46)7-3)24-12-10-14-29(22(24)4)50-37(41,42)36(38,39)40/h5-6,8-16,21H,1-2,7,17-20H2,3-4H3/b43-33+. The number of Topliss-reactive ketones (excluding diaryl/α,β-unsaturated/α-hetero) is 1. The van der Waals surface area contributed by atoms with Crippen LogP contribution >= 0.6 is 0 Å². The van der Waals surface area contributed by atoms with Crippen molar-refractivity contribution in [2.45, 2.75) is 50.8 Å². The van der Waals surface area contributed by atoms with Gasteiger partial charge in [0.05, 0.1) is 13.2 Å². The maximum Gasteiger partial charge on any atom is 0.499 e. The van der Waals surface area contributed by atoms with Crippen molar-refractivity contribution >= 4 is 29.4 Å². The first-order chi connectivity index (χ1) is 24.1. The van der Waals surface area contributed by atoms with Crippen molar-refractivity contribution in [2.75, 3.05) is 13.2 Å². The molecule has 0 unspecified atom stereocenters. The van der Waals surface area contributed by atoms with Gasteiger partial charge in [0.15, 0.2) is 5.71 Å². The Hall–Kier alpha value is -5.66. The van der Waals surface area contributed by atoms with Crippen LogP contribution in [0.25, 0.3) is 11.1 Å². The van der Waals surface area contributed by atoms with Gasteiger partial charge in [-0.3, -0.25) is 4.79 Å². The highest BCUT2D eigenvalue weighted by molar-refractivity contribution is 6.51. The fourth-order valence-corrected chi connectivity index (χ4v) is 5.72. The zero-order valence-electron chi connectivity index (χ0n) is 27.5. The molecule has 268 valence electrons.